The van der Waals surface area contributed by atoms with Gasteiger partial charge in [-0.1, -0.05) is 62.4 Å². The van der Waals surface area contributed by atoms with Crippen LogP contribution >= 0.6 is 0 Å². The lowest BCUT2D eigenvalue weighted by Crippen LogP contribution is -2.41. The van der Waals surface area contributed by atoms with Gasteiger partial charge >= 0.3 is 0 Å². The van der Waals surface area contributed by atoms with Crippen molar-refractivity contribution < 1.29 is 19.2 Å². The predicted molar refractivity (Wildman–Crippen MR) is 146 cm³/mol. The largest absolute Gasteiger partial charge is 0.497 e. The first kappa shape index (κ1) is 27.0. The van der Waals surface area contributed by atoms with Gasteiger partial charge in [-0.05, 0) is 59.9 Å². The summed E-state index contributed by atoms with van der Waals surface area (Å²) in [6.07, 6.45) is 6.35. The summed E-state index contributed by atoms with van der Waals surface area (Å²) in [5, 5.41) is 11.3. The number of ether oxygens (including phenoxy) is 1. The molecule has 0 aliphatic heterocycles. The minimum absolute atomic E-state index is 0.0272. The van der Waals surface area contributed by atoms with Crippen molar-refractivity contribution in [3.05, 3.63) is 106 Å². The van der Waals surface area contributed by atoms with Crippen LogP contribution < -0.4 is 4.74 Å². The number of benzene rings is 3. The van der Waals surface area contributed by atoms with Crippen molar-refractivity contribution in [2.24, 2.45) is 5.92 Å². The van der Waals surface area contributed by atoms with Crippen LogP contribution in [-0.4, -0.2) is 35.2 Å². The highest BCUT2D eigenvalue weighted by Crippen LogP contribution is 2.33. The Balaban J connectivity index is 1.71. The van der Waals surface area contributed by atoms with E-state index in [1.807, 2.05) is 30.3 Å². The predicted octanol–water partition coefficient (Wildman–Crippen LogP) is 6.57. The van der Waals surface area contributed by atoms with Gasteiger partial charge in [0, 0.05) is 30.7 Å². The highest BCUT2D eigenvalue weighted by atomic mass is 16.6. The van der Waals surface area contributed by atoms with Crippen molar-refractivity contribution in [2.45, 2.75) is 51.0 Å². The summed E-state index contributed by atoms with van der Waals surface area (Å²) < 4.78 is 5.36. The minimum Gasteiger partial charge on any atom is -0.497 e. The average molecular weight is 515 g/mol. The normalized spacial score (nSPS) is 14.4. The van der Waals surface area contributed by atoms with E-state index in [1.165, 1.54) is 18.6 Å². The minimum atomic E-state index is -0.837. The van der Waals surface area contributed by atoms with Gasteiger partial charge in [-0.3, -0.25) is 19.7 Å². The number of amides is 1. The van der Waals surface area contributed by atoms with Gasteiger partial charge in [-0.25, -0.2) is 0 Å². The third-order valence-corrected chi connectivity index (χ3v) is 7.31. The number of rotatable bonds is 11. The first-order valence-corrected chi connectivity index (χ1v) is 13.2. The summed E-state index contributed by atoms with van der Waals surface area (Å²) in [6, 6.07) is 21.8. The Morgan fingerprint density at radius 3 is 2.34 bits per heavy atom. The molecule has 3 aromatic rings. The molecule has 1 amide bonds. The lowest BCUT2D eigenvalue weighted by atomic mass is 9.83. The molecule has 38 heavy (non-hydrogen) atoms. The van der Waals surface area contributed by atoms with Crippen molar-refractivity contribution in [3.8, 4) is 5.75 Å². The summed E-state index contributed by atoms with van der Waals surface area (Å²) in [7, 11) is 1.61. The quantitative estimate of drug-likeness (QED) is 0.213. The monoisotopic (exact) mass is 514 g/mol. The number of non-ortho nitro benzene ring substituents is 1. The molecule has 3 aromatic carbocycles. The van der Waals surface area contributed by atoms with Crippen molar-refractivity contribution >= 4 is 17.4 Å². The van der Waals surface area contributed by atoms with Crippen LogP contribution in [0.1, 0.15) is 66.1 Å². The average Bonchev–Trinajstić information content (AvgIpc) is 2.96. The Morgan fingerprint density at radius 2 is 1.68 bits per heavy atom. The second-order valence-corrected chi connectivity index (χ2v) is 9.89. The fraction of sp³-hybridized carbons (Fsp3) is 0.355. The molecule has 1 aliphatic rings. The van der Waals surface area contributed by atoms with Gasteiger partial charge in [0.25, 0.3) is 11.6 Å². The van der Waals surface area contributed by atoms with Gasteiger partial charge in [0.1, 0.15) is 11.8 Å². The molecule has 1 atom stereocenters. The summed E-state index contributed by atoms with van der Waals surface area (Å²) >= 11 is 0. The summed E-state index contributed by atoms with van der Waals surface area (Å²) in [5.41, 5.74) is 2.02. The van der Waals surface area contributed by atoms with E-state index in [2.05, 4.69) is 0 Å². The van der Waals surface area contributed by atoms with E-state index >= 15 is 0 Å². The number of methoxy groups -OCH3 is 1. The third kappa shape index (κ3) is 6.85. The van der Waals surface area contributed by atoms with Crippen molar-refractivity contribution in [1.29, 1.82) is 0 Å². The molecule has 1 aliphatic carbocycles. The molecule has 4 rings (SSSR count). The molecule has 7 heteroatoms. The smallest absolute Gasteiger partial charge is 0.269 e. The molecule has 0 heterocycles. The SMILES string of the molecule is COc1cccc(CCN(C(=O)c2ccccc2)C(C(=O)CC2CCCCC2)c2ccc([N+](=O)[O-])cc2)c1. The molecule has 1 unspecified atom stereocenters. The fourth-order valence-electron chi connectivity index (χ4n) is 5.28. The van der Waals surface area contributed by atoms with Crippen LogP contribution in [0.5, 0.6) is 5.75 Å². The van der Waals surface area contributed by atoms with Crippen LogP contribution in [0.3, 0.4) is 0 Å². The first-order valence-electron chi connectivity index (χ1n) is 13.2. The fourth-order valence-corrected chi connectivity index (χ4v) is 5.28. The molecule has 0 spiro atoms. The van der Waals surface area contributed by atoms with Crippen LogP contribution in [0, 0.1) is 16.0 Å². The number of carbonyl (C=O) groups excluding carboxylic acids is 2. The number of nitro benzene ring substituents is 1. The lowest BCUT2D eigenvalue weighted by Gasteiger charge is -2.33. The zero-order valence-electron chi connectivity index (χ0n) is 21.8. The third-order valence-electron chi connectivity index (χ3n) is 7.31. The van der Waals surface area contributed by atoms with E-state index in [1.54, 1.807) is 48.4 Å². The Morgan fingerprint density at radius 1 is 0.974 bits per heavy atom. The molecular formula is C31H34N2O5. The zero-order chi connectivity index (χ0) is 26.9. The Hall–Kier alpha value is -4.00. The Kier molecular flexibility index (Phi) is 9.25. The summed E-state index contributed by atoms with van der Waals surface area (Å²) in [6.45, 7) is 0.305. The van der Waals surface area contributed by atoms with E-state index in [4.69, 9.17) is 4.74 Å². The molecule has 0 bridgehead atoms. The lowest BCUT2D eigenvalue weighted by molar-refractivity contribution is -0.384. The van der Waals surface area contributed by atoms with Crippen LogP contribution in [0.25, 0.3) is 0 Å². The Bertz CT molecular complexity index is 1240. The second kappa shape index (κ2) is 13.0. The van der Waals surface area contributed by atoms with Gasteiger partial charge in [0.05, 0.1) is 12.0 Å². The van der Waals surface area contributed by atoms with Gasteiger partial charge in [0.2, 0.25) is 0 Å². The van der Waals surface area contributed by atoms with Gasteiger partial charge in [-0.15, -0.1) is 0 Å². The number of nitrogens with zero attached hydrogens (tertiary/aromatic N) is 2. The molecule has 0 radical (unpaired) electrons. The maximum Gasteiger partial charge on any atom is 0.269 e. The number of nitro groups is 1. The topological polar surface area (TPSA) is 89.8 Å². The molecule has 0 saturated heterocycles. The summed E-state index contributed by atoms with van der Waals surface area (Å²) in [4.78, 5) is 40.3. The van der Waals surface area contributed by atoms with Crippen molar-refractivity contribution in [2.75, 3.05) is 13.7 Å². The Labute approximate surface area is 223 Å². The molecular weight excluding hydrogens is 480 g/mol. The number of ketones is 1. The highest BCUT2D eigenvalue weighted by molar-refractivity contribution is 5.98. The van der Waals surface area contributed by atoms with Gasteiger partial charge < -0.3 is 9.64 Å². The number of hydrogen-bond acceptors (Lipinski definition) is 5. The number of hydrogen-bond donors (Lipinski definition) is 0. The number of Topliss-reactive ketones (excluding diaryl/α,β-unsaturated/α-hetero) is 1. The maximum absolute atomic E-state index is 14.0. The molecule has 0 aromatic heterocycles. The molecule has 7 nitrogen and oxygen atoms in total. The van der Waals surface area contributed by atoms with Crippen LogP contribution in [0.15, 0.2) is 78.9 Å². The molecule has 0 N–H and O–H groups in total. The van der Waals surface area contributed by atoms with Crippen LogP contribution in [0.4, 0.5) is 5.69 Å². The van der Waals surface area contributed by atoms with Crippen molar-refractivity contribution in [3.63, 3.8) is 0 Å². The zero-order valence-corrected chi connectivity index (χ0v) is 21.8. The van der Waals surface area contributed by atoms with E-state index in [0.29, 0.717) is 36.4 Å². The van der Waals surface area contributed by atoms with E-state index in [0.717, 1.165) is 37.0 Å². The first-order chi connectivity index (χ1) is 18.5. The second-order valence-electron chi connectivity index (χ2n) is 9.89. The maximum atomic E-state index is 14.0. The van der Waals surface area contributed by atoms with Gasteiger partial charge in [-0.2, -0.15) is 0 Å². The molecule has 198 valence electrons. The van der Waals surface area contributed by atoms with Crippen molar-refractivity contribution in [1.82, 2.24) is 4.90 Å². The van der Waals surface area contributed by atoms with Crippen LogP contribution in [0.2, 0.25) is 0 Å². The van der Waals surface area contributed by atoms with Gasteiger partial charge in [0.15, 0.2) is 5.78 Å². The molecule has 1 fully saturated rings. The van der Waals surface area contributed by atoms with Crippen LogP contribution in [-0.2, 0) is 11.2 Å². The van der Waals surface area contributed by atoms with E-state index in [9.17, 15) is 19.7 Å². The molecule has 1 saturated carbocycles. The number of carbonyl (C=O) groups is 2. The highest BCUT2D eigenvalue weighted by Gasteiger charge is 2.33. The summed E-state index contributed by atoms with van der Waals surface area (Å²) in [5.74, 6) is 0.752. The van der Waals surface area contributed by atoms with E-state index in [-0.39, 0.29) is 17.4 Å². The standard InChI is InChI=1S/C31H34N2O5/c1-38-28-14-8-11-24(21-28)19-20-32(31(35)26-12-6-3-7-13-26)30(25-15-17-27(18-16-25)33(36)37)29(34)22-23-9-4-2-5-10-23/h3,6-8,11-18,21,23,30H,2,4-5,9-10,19-20,22H2,1H3. The van der Waals surface area contributed by atoms with E-state index < -0.39 is 11.0 Å².